The lowest BCUT2D eigenvalue weighted by Crippen LogP contribution is -2.55. The maximum Gasteiger partial charge on any atom is 0.245 e. The number of piperazine rings is 1. The Morgan fingerprint density at radius 3 is 2.28 bits per heavy atom. The lowest BCUT2D eigenvalue weighted by atomic mass is 10.0. The van der Waals surface area contributed by atoms with Gasteiger partial charge in [-0.25, -0.2) is 0 Å². The van der Waals surface area contributed by atoms with E-state index >= 15 is 0 Å². The van der Waals surface area contributed by atoms with E-state index in [2.05, 4.69) is 17.1 Å². The number of rotatable bonds is 12. The van der Waals surface area contributed by atoms with Crippen LogP contribution in [-0.4, -0.2) is 66.3 Å². The first-order chi connectivity index (χ1) is 17.4. The molecular weight excluding hydrogens is 456 g/mol. The van der Waals surface area contributed by atoms with Crippen LogP contribution in [-0.2, 0) is 27.4 Å². The highest BCUT2D eigenvalue weighted by atomic mass is 16.5. The van der Waals surface area contributed by atoms with E-state index in [9.17, 15) is 14.4 Å². The van der Waals surface area contributed by atoms with E-state index in [0.717, 1.165) is 36.5 Å². The molecule has 193 valence electrons. The van der Waals surface area contributed by atoms with Gasteiger partial charge in [0.15, 0.2) is 0 Å². The van der Waals surface area contributed by atoms with Crippen LogP contribution >= 0.6 is 0 Å². The molecule has 3 N–H and O–H groups in total. The molecule has 0 aromatic heterocycles. The van der Waals surface area contributed by atoms with Gasteiger partial charge in [-0.3, -0.25) is 14.4 Å². The van der Waals surface area contributed by atoms with Crippen molar-refractivity contribution in [3.05, 3.63) is 72.1 Å². The van der Waals surface area contributed by atoms with E-state index in [1.54, 1.807) is 6.92 Å². The van der Waals surface area contributed by atoms with Gasteiger partial charge in [-0.2, -0.15) is 0 Å². The van der Waals surface area contributed by atoms with E-state index in [0.29, 0.717) is 26.1 Å². The summed E-state index contributed by atoms with van der Waals surface area (Å²) < 4.78 is 5.86. The molecule has 1 aliphatic heterocycles. The van der Waals surface area contributed by atoms with Crippen molar-refractivity contribution in [1.29, 1.82) is 0 Å². The van der Waals surface area contributed by atoms with Gasteiger partial charge in [0.1, 0.15) is 18.4 Å². The van der Waals surface area contributed by atoms with Crippen LogP contribution in [0.1, 0.15) is 31.4 Å². The van der Waals surface area contributed by atoms with Crippen LogP contribution in [0.3, 0.4) is 0 Å². The fourth-order valence-corrected chi connectivity index (χ4v) is 4.03. The van der Waals surface area contributed by atoms with Crippen molar-refractivity contribution in [3.63, 3.8) is 0 Å². The first-order valence-electron chi connectivity index (χ1n) is 12.6. The molecule has 1 fully saturated rings. The normalized spacial score (nSPS) is 15.7. The highest BCUT2D eigenvalue weighted by Crippen LogP contribution is 2.17. The minimum atomic E-state index is -0.707. The minimum absolute atomic E-state index is 0.0974. The number of nitrogens with one attached hydrogen (secondary N) is 1. The Hall–Kier alpha value is -3.39. The van der Waals surface area contributed by atoms with Gasteiger partial charge in [0.2, 0.25) is 17.7 Å². The molecule has 1 saturated heterocycles. The molecule has 1 aliphatic rings. The maximum absolute atomic E-state index is 13.4. The number of carbonyl (C=O) groups excluding carboxylic acids is 3. The molecule has 2 atom stereocenters. The SMILES string of the molecule is CCN1CCN(C(=O)C(Cc2ccc(OCc3ccccc3)cc2)NC(=O)[CH]CC(C)C(N)=O)CC1. The van der Waals surface area contributed by atoms with Gasteiger partial charge in [0, 0.05) is 38.5 Å². The fraction of sp³-hybridized carbons (Fsp3) is 0.429. The molecule has 0 saturated carbocycles. The smallest absolute Gasteiger partial charge is 0.245 e. The van der Waals surface area contributed by atoms with E-state index in [4.69, 9.17) is 10.5 Å². The van der Waals surface area contributed by atoms with Crippen LogP contribution < -0.4 is 15.8 Å². The summed E-state index contributed by atoms with van der Waals surface area (Å²) in [6.45, 7) is 8.10. The monoisotopic (exact) mass is 493 g/mol. The zero-order valence-electron chi connectivity index (χ0n) is 21.2. The second kappa shape index (κ2) is 13.6. The van der Waals surface area contributed by atoms with Crippen molar-refractivity contribution in [3.8, 4) is 5.75 Å². The van der Waals surface area contributed by atoms with Crippen LogP contribution in [0.2, 0.25) is 0 Å². The summed E-state index contributed by atoms with van der Waals surface area (Å²) in [5.74, 6) is -0.652. The lowest BCUT2D eigenvalue weighted by Gasteiger charge is -2.36. The van der Waals surface area contributed by atoms with Gasteiger partial charge < -0.3 is 25.6 Å². The summed E-state index contributed by atoms with van der Waals surface area (Å²) >= 11 is 0. The molecule has 2 aromatic rings. The van der Waals surface area contributed by atoms with Gasteiger partial charge in [0.05, 0.1) is 6.42 Å². The maximum atomic E-state index is 13.4. The quantitative estimate of drug-likeness (QED) is 0.472. The van der Waals surface area contributed by atoms with E-state index in [1.807, 2.05) is 59.5 Å². The summed E-state index contributed by atoms with van der Waals surface area (Å²) in [5, 5.41) is 2.86. The second-order valence-electron chi connectivity index (χ2n) is 9.19. The minimum Gasteiger partial charge on any atom is -0.489 e. The predicted octanol–water partition coefficient (Wildman–Crippen LogP) is 2.17. The molecule has 2 unspecified atom stereocenters. The Balaban J connectivity index is 1.63. The molecule has 2 aromatic carbocycles. The fourth-order valence-electron chi connectivity index (χ4n) is 4.03. The van der Waals surface area contributed by atoms with Gasteiger partial charge in [-0.1, -0.05) is 56.3 Å². The van der Waals surface area contributed by atoms with Gasteiger partial charge in [-0.05, 0) is 36.2 Å². The van der Waals surface area contributed by atoms with E-state index in [-0.39, 0.29) is 18.2 Å². The zero-order chi connectivity index (χ0) is 25.9. The van der Waals surface area contributed by atoms with Crippen molar-refractivity contribution in [1.82, 2.24) is 15.1 Å². The Morgan fingerprint density at radius 1 is 1.00 bits per heavy atom. The molecule has 1 radical (unpaired) electrons. The Kier molecular flexibility index (Phi) is 10.3. The molecule has 0 bridgehead atoms. The highest BCUT2D eigenvalue weighted by Gasteiger charge is 2.29. The Labute approximate surface area is 213 Å². The van der Waals surface area contributed by atoms with Gasteiger partial charge >= 0.3 is 0 Å². The summed E-state index contributed by atoms with van der Waals surface area (Å²) in [6.07, 6.45) is 1.98. The number of amides is 3. The lowest BCUT2D eigenvalue weighted by molar-refractivity contribution is -0.137. The second-order valence-corrected chi connectivity index (χ2v) is 9.19. The molecule has 3 rings (SSSR count). The third-order valence-corrected chi connectivity index (χ3v) is 6.50. The van der Waals surface area contributed by atoms with E-state index < -0.39 is 17.9 Å². The summed E-state index contributed by atoms with van der Waals surface area (Å²) in [5.41, 5.74) is 7.29. The number of likely N-dealkylation sites (N-methyl/N-ethyl adjacent to an activating group) is 1. The highest BCUT2D eigenvalue weighted by molar-refractivity contribution is 5.92. The number of nitrogens with zero attached hydrogens (tertiary/aromatic N) is 2. The molecule has 8 nitrogen and oxygen atoms in total. The number of hydrogen-bond acceptors (Lipinski definition) is 5. The Bertz CT molecular complexity index is 988. The average Bonchev–Trinajstić information content (AvgIpc) is 2.91. The third kappa shape index (κ3) is 8.37. The van der Waals surface area contributed by atoms with Crippen LogP contribution in [0.4, 0.5) is 0 Å². The van der Waals surface area contributed by atoms with E-state index in [1.165, 1.54) is 6.42 Å². The van der Waals surface area contributed by atoms with Gasteiger partial charge in [-0.15, -0.1) is 0 Å². The molecular formula is C28H37N4O4. The van der Waals surface area contributed by atoms with Crippen molar-refractivity contribution in [2.24, 2.45) is 11.7 Å². The zero-order valence-corrected chi connectivity index (χ0v) is 21.2. The number of hydrogen-bond donors (Lipinski definition) is 2. The standard InChI is InChI=1S/C28H37N4O4/c1-3-31-15-17-32(18-16-31)28(35)25(30-26(33)14-9-21(2)27(29)34)19-22-10-12-24(13-11-22)36-20-23-7-5-4-6-8-23/h4-8,10-14,21,25H,3,9,15-20H2,1-2H3,(H2,29,34)(H,30,33). The van der Waals surface area contributed by atoms with Crippen LogP contribution in [0, 0.1) is 12.3 Å². The summed E-state index contributed by atoms with van der Waals surface area (Å²) in [4.78, 5) is 41.4. The number of primary amides is 1. The van der Waals surface area contributed by atoms with Crippen LogP contribution in [0.15, 0.2) is 54.6 Å². The van der Waals surface area contributed by atoms with Crippen molar-refractivity contribution in [2.45, 2.75) is 39.3 Å². The van der Waals surface area contributed by atoms with Crippen LogP contribution in [0.25, 0.3) is 0 Å². The summed E-state index contributed by atoms with van der Waals surface area (Å²) in [7, 11) is 0. The number of ether oxygens (including phenoxy) is 1. The first-order valence-corrected chi connectivity index (χ1v) is 12.6. The molecule has 3 amide bonds. The number of nitrogens with two attached hydrogens (primary N) is 1. The van der Waals surface area contributed by atoms with Crippen molar-refractivity contribution in [2.75, 3.05) is 32.7 Å². The van der Waals surface area contributed by atoms with Crippen molar-refractivity contribution >= 4 is 17.7 Å². The largest absolute Gasteiger partial charge is 0.489 e. The van der Waals surface area contributed by atoms with Crippen LogP contribution in [0.5, 0.6) is 5.75 Å². The molecule has 0 spiro atoms. The van der Waals surface area contributed by atoms with Crippen molar-refractivity contribution < 1.29 is 19.1 Å². The average molecular weight is 494 g/mol. The summed E-state index contributed by atoms with van der Waals surface area (Å²) in [6, 6.07) is 16.8. The molecule has 36 heavy (non-hydrogen) atoms. The topological polar surface area (TPSA) is 105 Å². The molecule has 0 aliphatic carbocycles. The number of carbonyl (C=O) groups is 3. The molecule has 8 heteroatoms. The van der Waals surface area contributed by atoms with Gasteiger partial charge in [0.25, 0.3) is 0 Å². The number of benzene rings is 2. The molecule has 1 heterocycles. The Morgan fingerprint density at radius 2 is 1.67 bits per heavy atom. The first kappa shape index (κ1) is 27.2. The predicted molar refractivity (Wildman–Crippen MR) is 139 cm³/mol. The third-order valence-electron chi connectivity index (χ3n) is 6.50.